The normalized spacial score (nSPS) is 11.4. The van der Waals surface area contributed by atoms with Crippen molar-refractivity contribution in [1.29, 1.82) is 0 Å². The van der Waals surface area contributed by atoms with E-state index < -0.39 is 35.2 Å². The Morgan fingerprint density at radius 2 is 1.94 bits per heavy atom. The third-order valence-corrected chi connectivity index (χ3v) is 5.24. The number of rotatable bonds is 8. The molecule has 0 aliphatic rings. The summed E-state index contributed by atoms with van der Waals surface area (Å²) in [4.78, 5) is 37.2. The largest absolute Gasteiger partial charge is 0.505 e. The molecule has 9 nitrogen and oxygen atoms in total. The summed E-state index contributed by atoms with van der Waals surface area (Å²) in [6, 6.07) is 10.5. The molecule has 0 fully saturated rings. The molecule has 1 atom stereocenters. The lowest BCUT2D eigenvalue weighted by Gasteiger charge is -2.20. The van der Waals surface area contributed by atoms with Crippen LogP contribution in [0.4, 0.5) is 14.9 Å². The van der Waals surface area contributed by atoms with Crippen molar-refractivity contribution in [3.05, 3.63) is 76.5 Å². The lowest BCUT2D eigenvalue weighted by Crippen LogP contribution is -2.36. The average Bonchev–Trinajstić information content (AvgIpc) is 2.84. The average molecular weight is 483 g/mol. The molecule has 1 heterocycles. The SMILES string of the molecule is CCOC(=O)C[C@H](NC(=O)Nc1c(O)ccn(C)c1=O)c1ccc(F)c(-c2cccc(OC)c2)c1. The number of esters is 1. The van der Waals surface area contributed by atoms with Gasteiger partial charge in [-0.3, -0.25) is 9.59 Å². The van der Waals surface area contributed by atoms with Crippen LogP contribution in [-0.4, -0.2) is 35.4 Å². The number of halogens is 1. The summed E-state index contributed by atoms with van der Waals surface area (Å²) in [5.74, 6) is -0.952. The predicted molar refractivity (Wildman–Crippen MR) is 128 cm³/mol. The van der Waals surface area contributed by atoms with E-state index in [9.17, 15) is 23.9 Å². The summed E-state index contributed by atoms with van der Waals surface area (Å²) in [5.41, 5.74) is 0.271. The van der Waals surface area contributed by atoms with E-state index in [2.05, 4.69) is 10.6 Å². The Morgan fingerprint density at radius 3 is 2.66 bits per heavy atom. The highest BCUT2D eigenvalue weighted by Gasteiger charge is 2.22. The van der Waals surface area contributed by atoms with Gasteiger partial charge >= 0.3 is 12.0 Å². The van der Waals surface area contributed by atoms with E-state index in [1.807, 2.05) is 0 Å². The minimum absolute atomic E-state index is 0.143. The Bertz CT molecular complexity index is 1290. The quantitative estimate of drug-likeness (QED) is 0.420. The van der Waals surface area contributed by atoms with Gasteiger partial charge in [0.1, 0.15) is 17.3 Å². The Morgan fingerprint density at radius 1 is 1.17 bits per heavy atom. The van der Waals surface area contributed by atoms with Crippen LogP contribution in [0.5, 0.6) is 11.5 Å². The van der Waals surface area contributed by atoms with Crippen LogP contribution in [0.1, 0.15) is 24.9 Å². The van der Waals surface area contributed by atoms with Gasteiger partial charge in [-0.2, -0.15) is 0 Å². The van der Waals surface area contributed by atoms with Crippen LogP contribution < -0.4 is 20.9 Å². The molecular formula is C25H26FN3O6. The summed E-state index contributed by atoms with van der Waals surface area (Å²) in [5, 5.41) is 14.9. The van der Waals surface area contributed by atoms with Crippen LogP contribution in [0.2, 0.25) is 0 Å². The van der Waals surface area contributed by atoms with Crippen LogP contribution in [0.3, 0.4) is 0 Å². The molecular weight excluding hydrogens is 457 g/mol. The Balaban J connectivity index is 1.94. The first-order valence-electron chi connectivity index (χ1n) is 10.8. The fourth-order valence-electron chi connectivity index (χ4n) is 3.45. The zero-order chi connectivity index (χ0) is 25.5. The van der Waals surface area contributed by atoms with Crippen molar-refractivity contribution in [2.45, 2.75) is 19.4 Å². The van der Waals surface area contributed by atoms with Gasteiger partial charge in [0.15, 0.2) is 5.69 Å². The summed E-state index contributed by atoms with van der Waals surface area (Å²) >= 11 is 0. The monoisotopic (exact) mass is 483 g/mol. The predicted octanol–water partition coefficient (Wildman–Crippen LogP) is 3.72. The topological polar surface area (TPSA) is 119 Å². The van der Waals surface area contributed by atoms with Gasteiger partial charge in [0, 0.05) is 18.8 Å². The first-order valence-corrected chi connectivity index (χ1v) is 10.8. The molecule has 0 aliphatic carbocycles. The van der Waals surface area contributed by atoms with E-state index in [-0.39, 0.29) is 24.3 Å². The molecule has 0 saturated heterocycles. The van der Waals surface area contributed by atoms with Crippen molar-refractivity contribution in [3.8, 4) is 22.6 Å². The van der Waals surface area contributed by atoms with Crippen molar-refractivity contribution in [2.75, 3.05) is 19.0 Å². The number of hydrogen-bond donors (Lipinski definition) is 3. The molecule has 10 heteroatoms. The minimum atomic E-state index is -0.922. The van der Waals surface area contributed by atoms with Crippen molar-refractivity contribution < 1.29 is 28.6 Å². The second-order valence-corrected chi connectivity index (χ2v) is 7.62. The van der Waals surface area contributed by atoms with Gasteiger partial charge < -0.3 is 29.8 Å². The highest BCUT2D eigenvalue weighted by atomic mass is 19.1. The number of urea groups is 1. The van der Waals surface area contributed by atoms with Crippen LogP contribution in [0, 0.1) is 5.82 Å². The van der Waals surface area contributed by atoms with Crippen LogP contribution in [0.25, 0.3) is 11.1 Å². The number of hydrogen-bond acceptors (Lipinski definition) is 6. The highest BCUT2D eigenvalue weighted by molar-refractivity contribution is 5.91. The number of carbonyl (C=O) groups is 2. The van der Waals surface area contributed by atoms with E-state index in [4.69, 9.17) is 9.47 Å². The molecule has 3 rings (SSSR count). The Kier molecular flexibility index (Phi) is 8.08. The smallest absolute Gasteiger partial charge is 0.319 e. The number of nitrogens with zero attached hydrogens (tertiary/aromatic N) is 1. The molecule has 3 N–H and O–H groups in total. The molecule has 2 amide bonds. The van der Waals surface area contributed by atoms with Gasteiger partial charge in [0.25, 0.3) is 5.56 Å². The first kappa shape index (κ1) is 25.3. The van der Waals surface area contributed by atoms with Crippen molar-refractivity contribution >= 4 is 17.7 Å². The molecule has 1 aromatic heterocycles. The zero-order valence-corrected chi connectivity index (χ0v) is 19.5. The van der Waals surface area contributed by atoms with Crippen molar-refractivity contribution in [2.24, 2.45) is 7.05 Å². The molecule has 2 aromatic carbocycles. The van der Waals surface area contributed by atoms with Crippen molar-refractivity contribution in [1.82, 2.24) is 9.88 Å². The maximum absolute atomic E-state index is 14.7. The number of methoxy groups -OCH3 is 1. The van der Waals surface area contributed by atoms with Crippen molar-refractivity contribution in [3.63, 3.8) is 0 Å². The van der Waals surface area contributed by atoms with Gasteiger partial charge in [-0.05, 0) is 48.4 Å². The number of aromatic nitrogens is 1. The van der Waals surface area contributed by atoms with Crippen LogP contribution >= 0.6 is 0 Å². The third kappa shape index (κ3) is 6.17. The zero-order valence-electron chi connectivity index (χ0n) is 19.5. The molecule has 3 aromatic rings. The molecule has 0 spiro atoms. The summed E-state index contributed by atoms with van der Waals surface area (Å²) in [6.07, 6.45) is 1.10. The second kappa shape index (κ2) is 11.2. The Hall–Kier alpha value is -4.34. The number of nitrogens with one attached hydrogen (secondary N) is 2. The van der Waals surface area contributed by atoms with Gasteiger partial charge in [0.05, 0.1) is 26.2 Å². The lowest BCUT2D eigenvalue weighted by molar-refractivity contribution is -0.143. The number of aryl methyl sites for hydroxylation is 1. The maximum Gasteiger partial charge on any atom is 0.319 e. The standard InChI is InChI=1S/C25H26FN3O6/c1-4-35-22(31)14-20(27-25(33)28-23-21(30)10-11-29(2)24(23)32)16-8-9-19(26)18(13-16)15-6-5-7-17(12-15)34-3/h5-13,20,30H,4,14H2,1-3H3,(H2,27,28,33)/t20-/m0/s1. The fraction of sp³-hybridized carbons (Fsp3) is 0.240. The van der Waals surface area contributed by atoms with E-state index >= 15 is 0 Å². The van der Waals surface area contributed by atoms with E-state index in [1.165, 1.54) is 49.2 Å². The van der Waals surface area contributed by atoms with E-state index in [1.54, 1.807) is 31.2 Å². The molecule has 0 saturated carbocycles. The molecule has 0 aliphatic heterocycles. The Labute approximate surface area is 201 Å². The summed E-state index contributed by atoms with van der Waals surface area (Å²) < 4.78 is 26.1. The molecule has 0 bridgehead atoms. The number of carbonyl (C=O) groups excluding carboxylic acids is 2. The molecule has 0 radical (unpaired) electrons. The van der Waals surface area contributed by atoms with Crippen LogP contribution in [-0.2, 0) is 16.6 Å². The van der Waals surface area contributed by atoms with Gasteiger partial charge in [-0.15, -0.1) is 0 Å². The lowest BCUT2D eigenvalue weighted by atomic mass is 9.97. The molecule has 184 valence electrons. The minimum Gasteiger partial charge on any atom is -0.505 e. The van der Waals surface area contributed by atoms with Gasteiger partial charge in [0.2, 0.25) is 0 Å². The number of anilines is 1. The fourth-order valence-corrected chi connectivity index (χ4v) is 3.45. The highest BCUT2D eigenvalue weighted by Crippen LogP contribution is 2.30. The van der Waals surface area contributed by atoms with E-state index in [0.29, 0.717) is 16.9 Å². The summed E-state index contributed by atoms with van der Waals surface area (Å²) in [7, 11) is 2.97. The number of benzene rings is 2. The summed E-state index contributed by atoms with van der Waals surface area (Å²) in [6.45, 7) is 1.80. The molecule has 35 heavy (non-hydrogen) atoms. The van der Waals surface area contributed by atoms with Gasteiger partial charge in [-0.25, -0.2) is 9.18 Å². The van der Waals surface area contributed by atoms with E-state index in [0.717, 1.165) is 0 Å². The number of aromatic hydroxyl groups is 1. The maximum atomic E-state index is 14.7. The number of pyridine rings is 1. The van der Waals surface area contributed by atoms with Crippen LogP contribution in [0.15, 0.2) is 59.5 Å². The third-order valence-electron chi connectivity index (χ3n) is 5.24. The first-order chi connectivity index (χ1) is 16.7. The number of amides is 2. The van der Waals surface area contributed by atoms with Gasteiger partial charge in [-0.1, -0.05) is 18.2 Å². The second-order valence-electron chi connectivity index (χ2n) is 7.62. The molecule has 0 unspecified atom stereocenters. The number of ether oxygens (including phenoxy) is 2.